The van der Waals surface area contributed by atoms with E-state index in [1.54, 1.807) is 28.5 Å². The molecule has 0 saturated carbocycles. The molecule has 1 aliphatic carbocycles. The van der Waals surface area contributed by atoms with Gasteiger partial charge >= 0.3 is 0 Å². The first kappa shape index (κ1) is 20.8. The Morgan fingerprint density at radius 2 is 2.00 bits per heavy atom. The average molecular weight is 451 g/mol. The van der Waals surface area contributed by atoms with Gasteiger partial charge in [-0.15, -0.1) is 11.3 Å². The van der Waals surface area contributed by atoms with Crippen molar-refractivity contribution in [3.05, 3.63) is 28.5 Å². The Balaban J connectivity index is 1.21. The van der Waals surface area contributed by atoms with Gasteiger partial charge in [0, 0.05) is 38.1 Å². The fraction of sp³-hybridized carbons (Fsp3) is 0.500. The van der Waals surface area contributed by atoms with Gasteiger partial charge in [0.15, 0.2) is 5.65 Å². The van der Waals surface area contributed by atoms with Crippen molar-refractivity contribution in [3.63, 3.8) is 0 Å². The Bertz CT molecular complexity index is 1180. The number of aryl methyl sites for hydroxylation is 2. The number of nitrogens with zero attached hydrogens (tertiary/aromatic N) is 7. The van der Waals surface area contributed by atoms with Crippen LogP contribution < -0.4 is 10.2 Å². The summed E-state index contributed by atoms with van der Waals surface area (Å²) in [7, 11) is 1.87. The van der Waals surface area contributed by atoms with Crippen LogP contribution in [0, 0.1) is 11.3 Å². The molecule has 1 amide bonds. The minimum atomic E-state index is -0.0527. The fourth-order valence-electron chi connectivity index (χ4n) is 4.64. The average Bonchev–Trinajstić information content (AvgIpc) is 3.24. The quantitative estimate of drug-likeness (QED) is 0.609. The van der Waals surface area contributed by atoms with E-state index in [0.29, 0.717) is 12.1 Å². The zero-order valence-electron chi connectivity index (χ0n) is 18.2. The second-order valence-corrected chi connectivity index (χ2v) is 9.50. The topological polar surface area (TPSA) is 103 Å². The monoisotopic (exact) mass is 450 g/mol. The number of thiophene rings is 1. The fourth-order valence-corrected chi connectivity index (χ4v) is 5.89. The highest BCUT2D eigenvalue weighted by Gasteiger charge is 2.24. The van der Waals surface area contributed by atoms with Crippen LogP contribution in [0.4, 0.5) is 10.8 Å². The van der Waals surface area contributed by atoms with Crippen molar-refractivity contribution in [1.82, 2.24) is 24.6 Å². The van der Waals surface area contributed by atoms with Crippen molar-refractivity contribution >= 4 is 39.1 Å². The molecule has 4 heterocycles. The van der Waals surface area contributed by atoms with Gasteiger partial charge in [-0.2, -0.15) is 10.4 Å². The minimum Gasteiger partial charge on any atom is -0.353 e. The van der Waals surface area contributed by atoms with Crippen LogP contribution in [0.1, 0.15) is 35.3 Å². The predicted octanol–water partition coefficient (Wildman–Crippen LogP) is 2.33. The number of carbonyl (C=O) groups excluding carboxylic acids is 1. The molecular weight excluding hydrogens is 424 g/mol. The van der Waals surface area contributed by atoms with Crippen LogP contribution in [0.15, 0.2) is 12.5 Å². The van der Waals surface area contributed by atoms with Crippen molar-refractivity contribution in [3.8, 4) is 6.07 Å². The lowest BCUT2D eigenvalue weighted by atomic mass is 10.1. The van der Waals surface area contributed by atoms with Crippen molar-refractivity contribution < 1.29 is 4.79 Å². The number of amides is 1. The lowest BCUT2D eigenvalue weighted by Crippen LogP contribution is -2.49. The normalized spacial score (nSPS) is 17.1. The van der Waals surface area contributed by atoms with E-state index < -0.39 is 0 Å². The highest BCUT2D eigenvalue weighted by Crippen LogP contribution is 2.37. The van der Waals surface area contributed by atoms with Crippen LogP contribution in [0.25, 0.3) is 11.0 Å². The Kier molecular flexibility index (Phi) is 5.76. The molecule has 10 heteroatoms. The van der Waals surface area contributed by atoms with Crippen LogP contribution in [0.2, 0.25) is 0 Å². The Labute approximate surface area is 190 Å². The molecule has 0 atom stereocenters. The molecule has 1 fully saturated rings. The Morgan fingerprint density at radius 1 is 1.19 bits per heavy atom. The molecule has 0 spiro atoms. The van der Waals surface area contributed by atoms with E-state index in [2.05, 4.69) is 36.3 Å². The van der Waals surface area contributed by atoms with Crippen molar-refractivity contribution in [1.29, 1.82) is 5.26 Å². The summed E-state index contributed by atoms with van der Waals surface area (Å²) in [5.74, 6) is 0.842. The number of hydrogen-bond donors (Lipinski definition) is 1. The summed E-state index contributed by atoms with van der Waals surface area (Å²) >= 11 is 1.59. The van der Waals surface area contributed by atoms with E-state index in [9.17, 15) is 10.1 Å². The van der Waals surface area contributed by atoms with E-state index in [1.165, 1.54) is 11.3 Å². The third-order valence-electron chi connectivity index (χ3n) is 6.33. The number of aromatic nitrogens is 4. The maximum absolute atomic E-state index is 12.8. The Hall–Kier alpha value is -3.03. The smallest absolute Gasteiger partial charge is 0.239 e. The molecule has 9 nitrogen and oxygen atoms in total. The van der Waals surface area contributed by atoms with E-state index in [0.717, 1.165) is 79.3 Å². The molecule has 32 heavy (non-hydrogen) atoms. The molecule has 0 bridgehead atoms. The minimum absolute atomic E-state index is 0.0527. The molecule has 1 aliphatic heterocycles. The molecule has 3 aromatic rings. The van der Waals surface area contributed by atoms with Crippen LogP contribution >= 0.6 is 11.3 Å². The van der Waals surface area contributed by atoms with E-state index in [-0.39, 0.29) is 5.91 Å². The number of fused-ring (bicyclic) bond motifs is 2. The van der Waals surface area contributed by atoms with Crippen molar-refractivity contribution in [2.45, 2.75) is 32.1 Å². The van der Waals surface area contributed by atoms with Gasteiger partial charge in [0.1, 0.15) is 23.2 Å². The summed E-state index contributed by atoms with van der Waals surface area (Å²) in [5.41, 5.74) is 2.65. The van der Waals surface area contributed by atoms with E-state index >= 15 is 0 Å². The van der Waals surface area contributed by atoms with Crippen molar-refractivity contribution in [2.75, 3.05) is 42.9 Å². The van der Waals surface area contributed by atoms with Gasteiger partial charge in [-0.05, 0) is 31.2 Å². The molecule has 3 aromatic heterocycles. The Morgan fingerprint density at radius 3 is 2.81 bits per heavy atom. The SMILES string of the molecule is Cn1ncc2c(N3CCN(CC(=O)Nc4sc5c(c4C#N)CCCCC5)CC3)ncnc21. The van der Waals surface area contributed by atoms with Crippen LogP contribution in [-0.4, -0.2) is 63.3 Å². The summed E-state index contributed by atoms with van der Waals surface area (Å²) in [6, 6.07) is 2.34. The zero-order chi connectivity index (χ0) is 22.1. The number of nitrogens with one attached hydrogen (secondary N) is 1. The molecule has 1 N–H and O–H groups in total. The van der Waals surface area contributed by atoms with Gasteiger partial charge in [-0.1, -0.05) is 6.42 Å². The second-order valence-electron chi connectivity index (χ2n) is 8.39. The number of hydrogen-bond acceptors (Lipinski definition) is 8. The summed E-state index contributed by atoms with van der Waals surface area (Å²) in [4.78, 5) is 27.2. The summed E-state index contributed by atoms with van der Waals surface area (Å²) in [5, 5.41) is 18.7. The van der Waals surface area contributed by atoms with Gasteiger partial charge in [0.2, 0.25) is 5.91 Å². The van der Waals surface area contributed by atoms with E-state index in [4.69, 9.17) is 0 Å². The molecule has 166 valence electrons. The van der Waals surface area contributed by atoms with Gasteiger partial charge < -0.3 is 10.2 Å². The summed E-state index contributed by atoms with van der Waals surface area (Å²) in [6.07, 6.45) is 8.83. The number of carbonyl (C=O) groups is 1. The van der Waals surface area contributed by atoms with Gasteiger partial charge in [0.25, 0.3) is 0 Å². The van der Waals surface area contributed by atoms with Crippen molar-refractivity contribution in [2.24, 2.45) is 7.05 Å². The molecule has 5 rings (SSSR count). The van der Waals surface area contributed by atoms with Gasteiger partial charge in [-0.3, -0.25) is 14.4 Å². The molecule has 0 aromatic carbocycles. The molecule has 2 aliphatic rings. The second kappa shape index (κ2) is 8.84. The van der Waals surface area contributed by atoms with Crippen LogP contribution in [0.5, 0.6) is 0 Å². The largest absolute Gasteiger partial charge is 0.353 e. The third-order valence-corrected chi connectivity index (χ3v) is 7.54. The molecule has 1 saturated heterocycles. The number of nitriles is 1. The maximum atomic E-state index is 12.8. The number of anilines is 2. The summed E-state index contributed by atoms with van der Waals surface area (Å²) in [6.45, 7) is 3.43. The highest BCUT2D eigenvalue weighted by molar-refractivity contribution is 7.16. The van der Waals surface area contributed by atoms with Gasteiger partial charge in [0.05, 0.1) is 23.7 Å². The highest BCUT2D eigenvalue weighted by atomic mass is 32.1. The first-order valence-electron chi connectivity index (χ1n) is 11.1. The molecular formula is C22H26N8OS. The van der Waals surface area contributed by atoms with Gasteiger partial charge in [-0.25, -0.2) is 9.97 Å². The first-order valence-corrected chi connectivity index (χ1v) is 11.9. The zero-order valence-corrected chi connectivity index (χ0v) is 19.0. The van der Waals surface area contributed by atoms with Crippen LogP contribution in [0.3, 0.4) is 0 Å². The molecule has 0 radical (unpaired) electrons. The van der Waals surface area contributed by atoms with Crippen LogP contribution in [-0.2, 0) is 24.7 Å². The summed E-state index contributed by atoms with van der Waals surface area (Å²) < 4.78 is 1.75. The maximum Gasteiger partial charge on any atom is 0.239 e. The number of piperazine rings is 1. The molecule has 0 unspecified atom stereocenters. The van der Waals surface area contributed by atoms with E-state index in [1.807, 2.05) is 7.05 Å². The lowest BCUT2D eigenvalue weighted by molar-refractivity contribution is -0.117. The lowest BCUT2D eigenvalue weighted by Gasteiger charge is -2.35. The number of rotatable bonds is 4. The third kappa shape index (κ3) is 3.94. The first-order chi connectivity index (χ1) is 15.6. The standard InChI is InChI=1S/C22H26N8OS/c1-28-20-17(12-26-28)21(25-14-24-20)30-9-7-29(8-10-30)13-19(31)27-22-16(11-23)15-5-3-2-4-6-18(15)32-22/h12,14H,2-10,13H2,1H3,(H,27,31). The predicted molar refractivity (Wildman–Crippen MR) is 124 cm³/mol.